The van der Waals surface area contributed by atoms with Gasteiger partial charge in [-0.3, -0.25) is 4.79 Å². The number of nitrogens with zero attached hydrogens (tertiary/aromatic N) is 1. The average Bonchev–Trinajstić information content (AvgIpc) is 3.55. The van der Waals surface area contributed by atoms with E-state index in [1.807, 2.05) is 31.2 Å². The van der Waals surface area contributed by atoms with Crippen molar-refractivity contribution < 1.29 is 43.9 Å². The average molecular weight is 652 g/mol. The number of aliphatic carboxylic acids is 1. The van der Waals surface area contributed by atoms with E-state index in [1.165, 1.54) is 18.3 Å². The van der Waals surface area contributed by atoms with Crippen LogP contribution in [0.3, 0.4) is 0 Å². The highest BCUT2D eigenvalue weighted by atomic mass is 79.9. The van der Waals surface area contributed by atoms with Gasteiger partial charge >= 0.3 is 11.8 Å². The van der Waals surface area contributed by atoms with Gasteiger partial charge in [0.15, 0.2) is 5.79 Å². The Hall–Kier alpha value is -2.65. The summed E-state index contributed by atoms with van der Waals surface area (Å²) in [4.78, 5) is 29.5. The molecule has 2 fully saturated rings. The Kier molecular flexibility index (Phi) is 8.41. The topological polar surface area (TPSA) is 157 Å². The van der Waals surface area contributed by atoms with Crippen LogP contribution in [0.4, 0.5) is 0 Å². The number of aliphatic hydroxyl groups is 2. The van der Waals surface area contributed by atoms with Gasteiger partial charge in [0.25, 0.3) is 0 Å². The maximum atomic E-state index is 12.8. The van der Waals surface area contributed by atoms with Crippen molar-refractivity contribution in [2.24, 2.45) is 0 Å². The molecule has 1 aromatic heterocycles. The number of aliphatic hydroxyl groups excluding tert-OH is 2. The third-order valence-corrected chi connectivity index (χ3v) is 8.89. The number of halogens is 1. The molecule has 0 spiro atoms. The lowest BCUT2D eigenvalue weighted by atomic mass is 9.88. The highest BCUT2D eigenvalue weighted by Gasteiger charge is 2.58. The Morgan fingerprint density at radius 1 is 1.27 bits per heavy atom. The molecular formula is C28H31BrN2O9S. The maximum absolute atomic E-state index is 12.8. The van der Waals surface area contributed by atoms with Crippen molar-refractivity contribution in [1.29, 1.82) is 0 Å². The summed E-state index contributed by atoms with van der Waals surface area (Å²) in [6.07, 6.45) is -5.31. The number of hydrogen-bond acceptors (Lipinski definition) is 10. The molecule has 4 N–H and O–H groups in total. The highest BCUT2D eigenvalue weighted by molar-refractivity contribution is 9.10. The van der Waals surface area contributed by atoms with E-state index in [9.17, 15) is 24.9 Å². The molecule has 0 aliphatic carbocycles. The summed E-state index contributed by atoms with van der Waals surface area (Å²) < 4.78 is 25.5. The van der Waals surface area contributed by atoms with Crippen LogP contribution in [0.2, 0.25) is 0 Å². The third-order valence-electron chi connectivity index (χ3n) is 7.32. The number of nitrogens with one attached hydrogen (secondary N) is 1. The summed E-state index contributed by atoms with van der Waals surface area (Å²) in [7, 11) is 0. The number of fused-ring (bicyclic) bond motifs is 1. The summed E-state index contributed by atoms with van der Waals surface area (Å²) in [5.74, 6) is -5.24. The zero-order valence-corrected chi connectivity index (χ0v) is 25.0. The van der Waals surface area contributed by atoms with Crippen LogP contribution < -0.4 is 10.1 Å². The normalized spacial score (nSPS) is 30.7. The van der Waals surface area contributed by atoms with Gasteiger partial charge in [0.1, 0.15) is 29.1 Å². The van der Waals surface area contributed by atoms with E-state index < -0.39 is 60.3 Å². The molecule has 7 unspecified atom stereocenters. The van der Waals surface area contributed by atoms with Gasteiger partial charge in [0, 0.05) is 11.4 Å². The lowest BCUT2D eigenvalue weighted by Gasteiger charge is -2.46. The number of carboxylic acids is 1. The largest absolute Gasteiger partial charge is 0.476 e. The number of rotatable bonds is 8. The maximum Gasteiger partial charge on any atom is 0.377 e. The highest BCUT2D eigenvalue weighted by Crippen LogP contribution is 2.42. The monoisotopic (exact) mass is 650 g/mol. The van der Waals surface area contributed by atoms with Crippen molar-refractivity contribution in [1.82, 2.24) is 10.3 Å². The van der Waals surface area contributed by atoms with Gasteiger partial charge in [-0.25, -0.2) is 9.78 Å². The Labute approximate surface area is 248 Å². The molecule has 13 heteroatoms. The minimum atomic E-state index is -2.42. The predicted molar refractivity (Wildman–Crippen MR) is 152 cm³/mol. The van der Waals surface area contributed by atoms with Gasteiger partial charge in [-0.2, -0.15) is 0 Å². The minimum absolute atomic E-state index is 0.00362. The Balaban J connectivity index is 1.52. The first-order valence-electron chi connectivity index (χ1n) is 13.1. The van der Waals surface area contributed by atoms with Gasteiger partial charge in [-0.1, -0.05) is 35.0 Å². The number of aromatic nitrogens is 1. The zero-order chi connectivity index (χ0) is 29.5. The van der Waals surface area contributed by atoms with E-state index in [0.29, 0.717) is 21.5 Å². The first-order chi connectivity index (χ1) is 19.4. The van der Waals surface area contributed by atoms with Crippen LogP contribution in [0.15, 0.2) is 46.9 Å². The number of para-hydroxylation sites is 1. The molecular weight excluding hydrogens is 620 g/mol. The molecule has 41 heavy (non-hydrogen) atoms. The van der Waals surface area contributed by atoms with Crippen molar-refractivity contribution in [3.63, 3.8) is 0 Å². The summed E-state index contributed by atoms with van der Waals surface area (Å²) in [6, 6.07) is 11.5. The number of ether oxygens (including phenoxy) is 4. The van der Waals surface area contributed by atoms with E-state index in [1.54, 1.807) is 25.1 Å². The van der Waals surface area contributed by atoms with Crippen molar-refractivity contribution in [2.75, 3.05) is 6.61 Å². The fourth-order valence-electron chi connectivity index (χ4n) is 5.04. The van der Waals surface area contributed by atoms with Gasteiger partial charge < -0.3 is 39.6 Å². The first-order valence-corrected chi connectivity index (χ1v) is 14.8. The van der Waals surface area contributed by atoms with Gasteiger partial charge in [0.2, 0.25) is 5.91 Å². The Bertz CT molecular complexity index is 1420. The molecule has 2 aliphatic rings. The zero-order valence-electron chi connectivity index (χ0n) is 22.6. The number of amides is 1. The number of carbonyl (C=O) groups excluding carboxylic acids is 1. The van der Waals surface area contributed by atoms with Crippen LogP contribution in [0.25, 0.3) is 20.8 Å². The smallest absolute Gasteiger partial charge is 0.377 e. The molecule has 220 valence electrons. The van der Waals surface area contributed by atoms with Crippen LogP contribution in [0.1, 0.15) is 33.6 Å². The second-order valence-corrected chi connectivity index (χ2v) is 12.3. The fraction of sp³-hybridized carbons (Fsp3) is 0.464. The second kappa shape index (κ2) is 11.6. The lowest BCUT2D eigenvalue weighted by molar-refractivity contribution is -0.285. The molecule has 5 rings (SSSR count). The van der Waals surface area contributed by atoms with Crippen molar-refractivity contribution in [2.45, 2.75) is 75.6 Å². The summed E-state index contributed by atoms with van der Waals surface area (Å²) >= 11 is 4.87. The van der Waals surface area contributed by atoms with E-state index in [4.69, 9.17) is 18.9 Å². The molecule has 2 aromatic carbocycles. The fourth-order valence-corrected chi connectivity index (χ4v) is 6.39. The molecule has 2 saturated heterocycles. The van der Waals surface area contributed by atoms with Gasteiger partial charge in [-0.05, 0) is 43.7 Å². The predicted octanol–water partition coefficient (Wildman–Crippen LogP) is 3.44. The van der Waals surface area contributed by atoms with Crippen LogP contribution >= 0.6 is 27.3 Å². The lowest BCUT2D eigenvalue weighted by Crippen LogP contribution is -2.68. The molecule has 7 atom stereocenters. The molecule has 1 amide bonds. The molecule has 0 saturated carbocycles. The molecule has 2 aliphatic heterocycles. The van der Waals surface area contributed by atoms with Crippen LogP contribution in [0.5, 0.6) is 5.75 Å². The summed E-state index contributed by atoms with van der Waals surface area (Å²) in [5.41, 5.74) is 1.28. The minimum Gasteiger partial charge on any atom is -0.476 e. The van der Waals surface area contributed by atoms with E-state index in [-0.39, 0.29) is 12.4 Å². The Morgan fingerprint density at radius 3 is 2.68 bits per heavy atom. The SMILES string of the molecule is CCC1(C)OCC(C(O)C2OC(Oc3ccc(Br)cc3-c3nc4ccccc4s3)(C(=O)O)CC(O)C2NC(C)=O)O1. The number of hydrogen-bond donors (Lipinski definition) is 4. The van der Waals surface area contributed by atoms with E-state index >= 15 is 0 Å². The molecule has 3 heterocycles. The third kappa shape index (κ3) is 5.98. The van der Waals surface area contributed by atoms with Crippen LogP contribution in [-0.4, -0.2) is 80.8 Å². The second-order valence-electron chi connectivity index (χ2n) is 10.3. The van der Waals surface area contributed by atoms with Crippen molar-refractivity contribution >= 4 is 49.4 Å². The van der Waals surface area contributed by atoms with E-state index in [2.05, 4.69) is 26.2 Å². The van der Waals surface area contributed by atoms with Crippen LogP contribution in [-0.2, 0) is 23.8 Å². The molecule has 3 aromatic rings. The standard InChI is InChI=1S/C28H31BrN2O9S/c1-4-27(3)37-13-20(38-27)23(34)24-22(30-14(2)32)18(33)12-28(40-24,26(35)36)39-19-10-9-15(29)11-16(19)25-31-17-7-5-6-8-21(17)41-25/h5-11,18,20,22-24,33-34H,4,12-13H2,1-3H3,(H,30,32)(H,35,36). The summed E-state index contributed by atoms with van der Waals surface area (Å²) in [6.45, 7) is 4.84. The van der Waals surface area contributed by atoms with Crippen molar-refractivity contribution in [3.05, 3.63) is 46.9 Å². The van der Waals surface area contributed by atoms with Gasteiger partial charge in [0.05, 0.1) is 41.0 Å². The number of benzene rings is 2. The molecule has 0 bridgehead atoms. The quantitative estimate of drug-likeness (QED) is 0.285. The van der Waals surface area contributed by atoms with Crippen molar-refractivity contribution in [3.8, 4) is 16.3 Å². The number of carboxylic acid groups (broad SMARTS) is 1. The molecule has 11 nitrogen and oxygen atoms in total. The summed E-state index contributed by atoms with van der Waals surface area (Å²) in [5, 5.41) is 36.2. The Morgan fingerprint density at radius 2 is 2.02 bits per heavy atom. The van der Waals surface area contributed by atoms with Crippen LogP contribution in [0, 0.1) is 0 Å². The van der Waals surface area contributed by atoms with E-state index in [0.717, 1.165) is 10.2 Å². The molecule has 0 radical (unpaired) electrons. The first kappa shape index (κ1) is 29.8. The number of carbonyl (C=O) groups is 2. The number of thiazole rings is 1. The van der Waals surface area contributed by atoms with Gasteiger partial charge in [-0.15, -0.1) is 11.3 Å².